The van der Waals surface area contributed by atoms with Gasteiger partial charge in [-0.25, -0.2) is 8.42 Å². The summed E-state index contributed by atoms with van der Waals surface area (Å²) in [7, 11) is -2.83. The standard InChI is InChI=1S/C15H29NO3S/c1-3-5-13(6-4-2)16-14-7-10-19-15(14)8-11-20(17,18)12-9-15/h13-14,16H,3-12H2,1-2H3. The van der Waals surface area contributed by atoms with Gasteiger partial charge in [-0.15, -0.1) is 0 Å². The quantitative estimate of drug-likeness (QED) is 0.818. The highest BCUT2D eigenvalue weighted by atomic mass is 32.2. The van der Waals surface area contributed by atoms with Crippen LogP contribution in [-0.2, 0) is 14.6 Å². The summed E-state index contributed by atoms with van der Waals surface area (Å²) in [4.78, 5) is 0. The molecule has 118 valence electrons. The molecule has 0 saturated carbocycles. The highest BCUT2D eigenvalue weighted by Gasteiger charge is 2.48. The van der Waals surface area contributed by atoms with E-state index in [1.54, 1.807) is 0 Å². The Morgan fingerprint density at radius 3 is 2.35 bits per heavy atom. The van der Waals surface area contributed by atoms with Crippen LogP contribution in [0.15, 0.2) is 0 Å². The summed E-state index contributed by atoms with van der Waals surface area (Å²) in [6.07, 6.45) is 7.11. The first kappa shape index (κ1) is 16.2. The van der Waals surface area contributed by atoms with Gasteiger partial charge >= 0.3 is 0 Å². The molecule has 1 N–H and O–H groups in total. The van der Waals surface area contributed by atoms with Crippen LogP contribution in [0.5, 0.6) is 0 Å². The molecule has 1 spiro atoms. The molecule has 20 heavy (non-hydrogen) atoms. The van der Waals surface area contributed by atoms with E-state index in [0.29, 0.717) is 24.9 Å². The van der Waals surface area contributed by atoms with Crippen LogP contribution in [0.4, 0.5) is 0 Å². The summed E-state index contributed by atoms with van der Waals surface area (Å²) in [5.74, 6) is 0.578. The molecule has 0 amide bonds. The molecule has 1 unspecified atom stereocenters. The molecule has 5 heteroatoms. The van der Waals surface area contributed by atoms with E-state index in [4.69, 9.17) is 4.74 Å². The zero-order valence-corrected chi connectivity index (χ0v) is 13.7. The maximum Gasteiger partial charge on any atom is 0.150 e. The van der Waals surface area contributed by atoms with Gasteiger partial charge < -0.3 is 10.1 Å². The SMILES string of the molecule is CCCC(CCC)NC1CCOC12CCS(=O)(=O)CC2. The van der Waals surface area contributed by atoms with Gasteiger partial charge in [0.05, 0.1) is 17.1 Å². The molecule has 2 fully saturated rings. The van der Waals surface area contributed by atoms with E-state index in [9.17, 15) is 8.42 Å². The van der Waals surface area contributed by atoms with Crippen molar-refractivity contribution in [3.8, 4) is 0 Å². The fraction of sp³-hybridized carbons (Fsp3) is 1.00. The van der Waals surface area contributed by atoms with Crippen LogP contribution >= 0.6 is 0 Å². The molecule has 0 bridgehead atoms. The Balaban J connectivity index is 1.99. The molecule has 1 atom stereocenters. The highest BCUT2D eigenvalue weighted by Crippen LogP contribution is 2.37. The number of hydrogen-bond donors (Lipinski definition) is 1. The van der Waals surface area contributed by atoms with Crippen LogP contribution in [0.2, 0.25) is 0 Å². The fourth-order valence-electron chi connectivity index (χ4n) is 3.65. The molecule has 2 rings (SSSR count). The smallest absolute Gasteiger partial charge is 0.150 e. The van der Waals surface area contributed by atoms with Gasteiger partial charge in [-0.3, -0.25) is 0 Å². The van der Waals surface area contributed by atoms with E-state index in [1.165, 1.54) is 25.7 Å². The summed E-state index contributed by atoms with van der Waals surface area (Å²) in [5, 5.41) is 3.79. The highest BCUT2D eigenvalue weighted by molar-refractivity contribution is 7.91. The van der Waals surface area contributed by atoms with E-state index in [0.717, 1.165) is 13.0 Å². The van der Waals surface area contributed by atoms with Crippen LogP contribution in [0.25, 0.3) is 0 Å². The Hall–Kier alpha value is -0.130. The average molecular weight is 303 g/mol. The number of rotatable bonds is 6. The van der Waals surface area contributed by atoms with Gasteiger partial charge in [-0.2, -0.15) is 0 Å². The Bertz CT molecular complexity index is 387. The molecule has 2 saturated heterocycles. The molecule has 2 aliphatic heterocycles. The van der Waals surface area contributed by atoms with Crippen molar-refractivity contribution >= 4 is 9.84 Å². The molecule has 4 nitrogen and oxygen atoms in total. The van der Waals surface area contributed by atoms with Gasteiger partial charge in [0.1, 0.15) is 0 Å². The summed E-state index contributed by atoms with van der Waals surface area (Å²) < 4.78 is 29.3. The van der Waals surface area contributed by atoms with E-state index >= 15 is 0 Å². The number of hydrogen-bond acceptors (Lipinski definition) is 4. The van der Waals surface area contributed by atoms with Crippen molar-refractivity contribution in [2.75, 3.05) is 18.1 Å². The monoisotopic (exact) mass is 303 g/mol. The fourth-order valence-corrected chi connectivity index (χ4v) is 5.16. The van der Waals surface area contributed by atoms with Crippen LogP contribution in [0.3, 0.4) is 0 Å². The van der Waals surface area contributed by atoms with Crippen LogP contribution < -0.4 is 5.32 Å². The third kappa shape index (κ3) is 3.74. The van der Waals surface area contributed by atoms with Crippen molar-refractivity contribution in [1.82, 2.24) is 5.32 Å². The molecule has 0 radical (unpaired) electrons. The van der Waals surface area contributed by atoms with Gasteiger partial charge in [0.2, 0.25) is 0 Å². The second-order valence-electron chi connectivity index (χ2n) is 6.35. The zero-order valence-electron chi connectivity index (χ0n) is 12.9. The normalized spacial score (nSPS) is 28.2. The molecular weight excluding hydrogens is 274 g/mol. The lowest BCUT2D eigenvalue weighted by Gasteiger charge is -2.39. The zero-order chi connectivity index (χ0) is 14.6. The number of nitrogens with one attached hydrogen (secondary N) is 1. The van der Waals surface area contributed by atoms with E-state index < -0.39 is 9.84 Å². The lowest BCUT2D eigenvalue weighted by atomic mass is 9.87. The molecule has 0 aromatic heterocycles. The molecule has 2 aliphatic rings. The molecule has 0 aromatic carbocycles. The minimum absolute atomic E-state index is 0.217. The maximum absolute atomic E-state index is 11.6. The van der Waals surface area contributed by atoms with Crippen molar-refractivity contribution in [3.63, 3.8) is 0 Å². The van der Waals surface area contributed by atoms with Gasteiger partial charge in [0, 0.05) is 18.7 Å². The van der Waals surface area contributed by atoms with E-state index in [-0.39, 0.29) is 17.1 Å². The summed E-state index contributed by atoms with van der Waals surface area (Å²) in [5.41, 5.74) is -0.217. The first-order valence-electron chi connectivity index (χ1n) is 8.12. The topological polar surface area (TPSA) is 55.4 Å². The predicted octanol–water partition coefficient (Wildman–Crippen LogP) is 2.28. The third-order valence-corrected chi connectivity index (χ3v) is 6.47. The minimum atomic E-state index is -2.83. The Morgan fingerprint density at radius 2 is 1.80 bits per heavy atom. The van der Waals surface area contributed by atoms with Crippen LogP contribution in [0.1, 0.15) is 58.8 Å². The summed E-state index contributed by atoms with van der Waals surface area (Å²) >= 11 is 0. The third-order valence-electron chi connectivity index (χ3n) is 4.81. The average Bonchev–Trinajstić information content (AvgIpc) is 2.78. The van der Waals surface area contributed by atoms with Crippen molar-refractivity contribution in [3.05, 3.63) is 0 Å². The Labute approximate surface area is 123 Å². The molecule has 2 heterocycles. The number of sulfone groups is 1. The summed E-state index contributed by atoms with van der Waals surface area (Å²) in [6, 6.07) is 0.883. The molecular formula is C15H29NO3S. The van der Waals surface area contributed by atoms with Crippen molar-refractivity contribution in [2.24, 2.45) is 0 Å². The summed E-state index contributed by atoms with van der Waals surface area (Å²) in [6.45, 7) is 5.21. The minimum Gasteiger partial charge on any atom is -0.373 e. The van der Waals surface area contributed by atoms with Crippen molar-refractivity contribution in [2.45, 2.75) is 76.5 Å². The van der Waals surface area contributed by atoms with Crippen molar-refractivity contribution < 1.29 is 13.2 Å². The molecule has 0 aliphatic carbocycles. The first-order valence-corrected chi connectivity index (χ1v) is 9.94. The van der Waals surface area contributed by atoms with Gasteiger partial charge in [0.25, 0.3) is 0 Å². The molecule has 0 aromatic rings. The predicted molar refractivity (Wildman–Crippen MR) is 81.7 cm³/mol. The van der Waals surface area contributed by atoms with Crippen LogP contribution in [0, 0.1) is 0 Å². The van der Waals surface area contributed by atoms with E-state index in [2.05, 4.69) is 19.2 Å². The van der Waals surface area contributed by atoms with Crippen molar-refractivity contribution in [1.29, 1.82) is 0 Å². The maximum atomic E-state index is 11.6. The largest absolute Gasteiger partial charge is 0.373 e. The van der Waals surface area contributed by atoms with Gasteiger partial charge in [-0.05, 0) is 32.1 Å². The second-order valence-corrected chi connectivity index (χ2v) is 8.65. The Kier molecular flexibility index (Phi) is 5.49. The number of ether oxygens (including phenoxy) is 1. The Morgan fingerprint density at radius 1 is 1.20 bits per heavy atom. The van der Waals surface area contributed by atoms with E-state index in [1.807, 2.05) is 0 Å². The first-order chi connectivity index (χ1) is 9.51. The van der Waals surface area contributed by atoms with Crippen LogP contribution in [-0.4, -0.2) is 44.2 Å². The lowest BCUT2D eigenvalue weighted by Crippen LogP contribution is -2.54. The lowest BCUT2D eigenvalue weighted by molar-refractivity contribution is -0.0206. The van der Waals surface area contributed by atoms with Gasteiger partial charge in [0.15, 0.2) is 9.84 Å². The van der Waals surface area contributed by atoms with Gasteiger partial charge in [-0.1, -0.05) is 26.7 Å². The second kappa shape index (κ2) is 6.75.